The van der Waals surface area contributed by atoms with Crippen LogP contribution in [0.4, 0.5) is 0 Å². The van der Waals surface area contributed by atoms with Crippen molar-refractivity contribution < 1.29 is 19.7 Å². The van der Waals surface area contributed by atoms with Gasteiger partial charge in [-0.15, -0.1) is 0 Å². The normalized spacial score (nSPS) is 11.3. The highest BCUT2D eigenvalue weighted by Crippen LogP contribution is 2.36. The molecule has 0 amide bonds. The van der Waals surface area contributed by atoms with Crippen LogP contribution in [0.25, 0.3) is 0 Å². The Bertz CT molecular complexity index is 553. The van der Waals surface area contributed by atoms with E-state index in [0.29, 0.717) is 13.2 Å². The highest BCUT2D eigenvalue weighted by atomic mass is 16.5. The van der Waals surface area contributed by atoms with Crippen LogP contribution in [0.15, 0.2) is 48.5 Å². The molecule has 0 aliphatic carbocycles. The van der Waals surface area contributed by atoms with Crippen LogP contribution in [0, 0.1) is 0 Å². The van der Waals surface area contributed by atoms with Crippen LogP contribution in [-0.4, -0.2) is 36.6 Å². The second kappa shape index (κ2) is 8.71. The van der Waals surface area contributed by atoms with Crippen molar-refractivity contribution in [3.05, 3.63) is 59.7 Å². The molecular formula is C20H26O4. The van der Waals surface area contributed by atoms with E-state index in [0.717, 1.165) is 17.9 Å². The molecule has 4 heteroatoms. The molecule has 130 valence electrons. The zero-order valence-corrected chi connectivity index (χ0v) is 14.4. The van der Waals surface area contributed by atoms with Crippen molar-refractivity contribution in [1.29, 1.82) is 0 Å². The van der Waals surface area contributed by atoms with Gasteiger partial charge in [-0.2, -0.15) is 0 Å². The van der Waals surface area contributed by atoms with E-state index in [1.165, 1.54) is 11.1 Å². The van der Waals surface area contributed by atoms with Gasteiger partial charge in [0.05, 0.1) is 13.2 Å². The van der Waals surface area contributed by atoms with Crippen LogP contribution in [0.1, 0.15) is 31.4 Å². The Balaban J connectivity index is 2.20. The van der Waals surface area contributed by atoms with Gasteiger partial charge in [0.1, 0.15) is 24.7 Å². The molecule has 0 bridgehead atoms. The first-order valence-electron chi connectivity index (χ1n) is 8.32. The Labute approximate surface area is 143 Å². The third kappa shape index (κ3) is 4.28. The molecule has 24 heavy (non-hydrogen) atoms. The maximum Gasteiger partial charge on any atom is 0.119 e. The first-order valence-corrected chi connectivity index (χ1v) is 8.32. The van der Waals surface area contributed by atoms with E-state index in [4.69, 9.17) is 19.7 Å². The second-order valence-corrected chi connectivity index (χ2v) is 5.88. The first-order chi connectivity index (χ1) is 11.6. The van der Waals surface area contributed by atoms with Gasteiger partial charge in [-0.1, -0.05) is 38.1 Å². The summed E-state index contributed by atoms with van der Waals surface area (Å²) in [6.45, 7) is 5.03. The van der Waals surface area contributed by atoms with Gasteiger partial charge in [0.15, 0.2) is 0 Å². The minimum atomic E-state index is -0.106. The van der Waals surface area contributed by atoms with Crippen molar-refractivity contribution in [2.24, 2.45) is 0 Å². The summed E-state index contributed by atoms with van der Waals surface area (Å²) in [5.74, 6) is 1.53. The molecule has 0 aliphatic rings. The van der Waals surface area contributed by atoms with E-state index < -0.39 is 0 Å². The summed E-state index contributed by atoms with van der Waals surface area (Å²) in [5.41, 5.74) is 2.32. The van der Waals surface area contributed by atoms with Crippen LogP contribution in [0.5, 0.6) is 11.5 Å². The topological polar surface area (TPSA) is 58.9 Å². The van der Waals surface area contributed by atoms with Crippen LogP contribution < -0.4 is 9.47 Å². The minimum Gasteiger partial charge on any atom is -0.491 e. The predicted molar refractivity (Wildman–Crippen MR) is 94.8 cm³/mol. The van der Waals surface area contributed by atoms with E-state index in [2.05, 4.69) is 38.1 Å². The Hall–Kier alpha value is -2.04. The second-order valence-electron chi connectivity index (χ2n) is 5.88. The van der Waals surface area contributed by atoms with Gasteiger partial charge in [-0.05, 0) is 41.8 Å². The van der Waals surface area contributed by atoms with E-state index in [-0.39, 0.29) is 18.6 Å². The van der Waals surface area contributed by atoms with Crippen molar-refractivity contribution in [3.63, 3.8) is 0 Å². The summed E-state index contributed by atoms with van der Waals surface area (Å²) in [6.07, 6.45) is 0.959. The Kier molecular flexibility index (Phi) is 6.64. The number of hydrogen-bond acceptors (Lipinski definition) is 4. The lowest BCUT2D eigenvalue weighted by molar-refractivity contribution is 0.201. The molecule has 2 aromatic rings. The maximum absolute atomic E-state index is 8.83. The monoisotopic (exact) mass is 330 g/mol. The number of hydrogen-bond donors (Lipinski definition) is 2. The zero-order chi connectivity index (χ0) is 17.4. The van der Waals surface area contributed by atoms with Crippen LogP contribution in [0.2, 0.25) is 0 Å². The zero-order valence-electron chi connectivity index (χ0n) is 14.4. The summed E-state index contributed by atoms with van der Waals surface area (Å²) in [7, 11) is 0. The number of aliphatic hydroxyl groups excluding tert-OH is 2. The molecule has 0 spiro atoms. The molecule has 0 fully saturated rings. The minimum absolute atomic E-state index is 0.0130. The quantitative estimate of drug-likeness (QED) is 0.741. The van der Waals surface area contributed by atoms with Gasteiger partial charge in [0.2, 0.25) is 0 Å². The Morgan fingerprint density at radius 3 is 1.42 bits per heavy atom. The molecule has 0 unspecified atom stereocenters. The van der Waals surface area contributed by atoms with Crippen LogP contribution in [0.3, 0.4) is 0 Å². The lowest BCUT2D eigenvalue weighted by Gasteiger charge is -2.30. The van der Waals surface area contributed by atoms with Gasteiger partial charge >= 0.3 is 0 Å². The number of rotatable bonds is 9. The molecule has 4 nitrogen and oxygen atoms in total. The fourth-order valence-electron chi connectivity index (χ4n) is 2.74. The third-order valence-corrected chi connectivity index (χ3v) is 4.41. The summed E-state index contributed by atoms with van der Waals surface area (Å²) >= 11 is 0. The third-order valence-electron chi connectivity index (χ3n) is 4.41. The van der Waals surface area contributed by atoms with Crippen LogP contribution in [-0.2, 0) is 5.41 Å². The lowest BCUT2D eigenvalue weighted by atomic mass is 9.74. The fourth-order valence-corrected chi connectivity index (χ4v) is 2.74. The highest BCUT2D eigenvalue weighted by molar-refractivity contribution is 5.42. The summed E-state index contributed by atoms with van der Waals surface area (Å²) in [4.78, 5) is 0. The summed E-state index contributed by atoms with van der Waals surface area (Å²) < 4.78 is 10.9. The largest absolute Gasteiger partial charge is 0.491 e. The van der Waals surface area contributed by atoms with Gasteiger partial charge in [-0.3, -0.25) is 0 Å². The molecule has 0 saturated carbocycles. The Morgan fingerprint density at radius 2 is 1.12 bits per heavy atom. The standard InChI is InChI=1S/C20H26O4/c1-3-20(2,16-4-8-18(9-5-16)23-14-12-21)17-6-10-19(11-7-17)24-15-13-22/h4-11,21-22H,3,12-15H2,1-2H3. The number of benzene rings is 2. The lowest BCUT2D eigenvalue weighted by Crippen LogP contribution is -2.22. The van der Waals surface area contributed by atoms with Crippen molar-refractivity contribution in [3.8, 4) is 11.5 Å². The molecule has 0 atom stereocenters. The van der Waals surface area contributed by atoms with Crippen molar-refractivity contribution in [2.75, 3.05) is 26.4 Å². The predicted octanol–water partition coefficient (Wildman–Crippen LogP) is 3.14. The number of ether oxygens (including phenoxy) is 2. The van der Waals surface area contributed by atoms with E-state index >= 15 is 0 Å². The smallest absolute Gasteiger partial charge is 0.119 e. The molecule has 0 radical (unpaired) electrons. The van der Waals surface area contributed by atoms with Gasteiger partial charge in [0.25, 0.3) is 0 Å². The molecule has 0 aliphatic heterocycles. The van der Waals surface area contributed by atoms with Crippen LogP contribution >= 0.6 is 0 Å². The molecule has 0 heterocycles. The average molecular weight is 330 g/mol. The summed E-state index contributed by atoms with van der Waals surface area (Å²) in [6, 6.07) is 16.1. The summed E-state index contributed by atoms with van der Waals surface area (Å²) in [5, 5.41) is 17.7. The van der Waals surface area contributed by atoms with Crippen molar-refractivity contribution in [1.82, 2.24) is 0 Å². The highest BCUT2D eigenvalue weighted by Gasteiger charge is 2.26. The van der Waals surface area contributed by atoms with Gasteiger partial charge < -0.3 is 19.7 Å². The van der Waals surface area contributed by atoms with Gasteiger partial charge in [0, 0.05) is 5.41 Å². The molecule has 2 rings (SSSR count). The molecule has 0 saturated heterocycles. The molecular weight excluding hydrogens is 304 g/mol. The number of aliphatic hydroxyl groups is 2. The van der Waals surface area contributed by atoms with E-state index in [1.807, 2.05) is 24.3 Å². The first kappa shape index (κ1) is 18.3. The maximum atomic E-state index is 8.83. The van der Waals surface area contributed by atoms with Gasteiger partial charge in [-0.25, -0.2) is 0 Å². The SMILES string of the molecule is CCC(C)(c1ccc(OCCO)cc1)c1ccc(OCCO)cc1. The Morgan fingerprint density at radius 1 is 0.750 bits per heavy atom. The average Bonchev–Trinajstić information content (AvgIpc) is 2.65. The molecule has 2 N–H and O–H groups in total. The van der Waals surface area contributed by atoms with E-state index in [9.17, 15) is 0 Å². The van der Waals surface area contributed by atoms with Crippen molar-refractivity contribution in [2.45, 2.75) is 25.7 Å². The fraction of sp³-hybridized carbons (Fsp3) is 0.400. The molecule has 0 aromatic heterocycles. The van der Waals surface area contributed by atoms with E-state index in [1.54, 1.807) is 0 Å². The van der Waals surface area contributed by atoms with Crippen molar-refractivity contribution >= 4 is 0 Å². The molecule has 2 aromatic carbocycles.